The Hall–Kier alpha value is -2.42. The van der Waals surface area contributed by atoms with Gasteiger partial charge in [-0.25, -0.2) is 9.78 Å². The molecule has 0 bridgehead atoms. The van der Waals surface area contributed by atoms with Gasteiger partial charge in [-0.3, -0.25) is 0 Å². The zero-order valence-corrected chi connectivity index (χ0v) is 13.0. The molecule has 0 spiro atoms. The molecule has 0 atom stereocenters. The molecule has 108 valence electrons. The van der Waals surface area contributed by atoms with Crippen molar-refractivity contribution in [1.82, 2.24) is 4.98 Å². The monoisotopic (exact) mass is 328 g/mol. The molecular formula is C16H9ClN2O2S. The number of aromatic carboxylic acids is 1. The maximum atomic E-state index is 11.1. The summed E-state index contributed by atoms with van der Waals surface area (Å²) >= 11 is 7.08. The number of aromatic nitrogens is 1. The summed E-state index contributed by atoms with van der Waals surface area (Å²) in [4.78, 5) is 15.7. The van der Waals surface area contributed by atoms with E-state index in [0.717, 1.165) is 27.7 Å². The van der Waals surface area contributed by atoms with Crippen LogP contribution < -0.4 is 0 Å². The SMILES string of the molecule is Cc1nc(-c2cc(C#N)c3cc(Cl)ccc3c2)sc1C(=O)O. The number of thiazole rings is 1. The van der Waals surface area contributed by atoms with Gasteiger partial charge in [0.15, 0.2) is 0 Å². The highest BCUT2D eigenvalue weighted by Gasteiger charge is 2.16. The number of rotatable bonds is 2. The molecule has 0 unspecified atom stereocenters. The first-order chi connectivity index (χ1) is 10.5. The number of nitriles is 1. The number of halogens is 1. The second-order valence-electron chi connectivity index (χ2n) is 4.74. The molecule has 1 aromatic heterocycles. The standard InChI is InChI=1S/C16H9ClN2O2S/c1-8-14(16(20)21)22-15(19-8)10-4-9-2-3-12(17)6-13(9)11(5-10)7-18/h2-6H,1H3,(H,20,21). The molecule has 0 saturated heterocycles. The number of benzene rings is 2. The summed E-state index contributed by atoms with van der Waals surface area (Å²) in [5, 5.41) is 21.3. The Bertz CT molecular complexity index is 957. The van der Waals surface area contributed by atoms with Crippen molar-refractivity contribution in [3.05, 3.63) is 51.5 Å². The third-order valence-electron chi connectivity index (χ3n) is 3.27. The quantitative estimate of drug-likeness (QED) is 0.751. The van der Waals surface area contributed by atoms with Gasteiger partial charge in [0.2, 0.25) is 0 Å². The molecule has 0 amide bonds. The molecule has 3 aromatic rings. The van der Waals surface area contributed by atoms with Crippen molar-refractivity contribution in [1.29, 1.82) is 5.26 Å². The van der Waals surface area contributed by atoms with E-state index in [-0.39, 0.29) is 4.88 Å². The fourth-order valence-electron chi connectivity index (χ4n) is 2.26. The van der Waals surface area contributed by atoms with E-state index < -0.39 is 5.97 Å². The lowest BCUT2D eigenvalue weighted by atomic mass is 10.0. The fourth-order valence-corrected chi connectivity index (χ4v) is 3.33. The minimum absolute atomic E-state index is 0.213. The summed E-state index contributed by atoms with van der Waals surface area (Å²) in [7, 11) is 0. The van der Waals surface area contributed by atoms with Crippen LogP contribution in [0.15, 0.2) is 30.3 Å². The molecule has 2 aromatic carbocycles. The number of hydrogen-bond donors (Lipinski definition) is 1. The molecule has 0 aliphatic carbocycles. The van der Waals surface area contributed by atoms with Gasteiger partial charge in [-0.2, -0.15) is 5.26 Å². The Morgan fingerprint density at radius 2 is 2.14 bits per heavy atom. The second kappa shape index (κ2) is 5.41. The van der Waals surface area contributed by atoms with Gasteiger partial charge in [0.25, 0.3) is 0 Å². The second-order valence-corrected chi connectivity index (χ2v) is 6.18. The summed E-state index contributed by atoms with van der Waals surface area (Å²) in [6.07, 6.45) is 0. The highest BCUT2D eigenvalue weighted by molar-refractivity contribution is 7.17. The normalized spacial score (nSPS) is 10.6. The van der Waals surface area contributed by atoms with Crippen LogP contribution in [0.3, 0.4) is 0 Å². The van der Waals surface area contributed by atoms with Gasteiger partial charge in [0.1, 0.15) is 9.88 Å². The van der Waals surface area contributed by atoms with Crippen LogP contribution in [0.4, 0.5) is 0 Å². The molecule has 0 saturated carbocycles. The van der Waals surface area contributed by atoms with Gasteiger partial charge in [-0.15, -0.1) is 11.3 Å². The molecule has 4 nitrogen and oxygen atoms in total. The third kappa shape index (κ3) is 2.43. The number of aryl methyl sites for hydroxylation is 1. The zero-order chi connectivity index (χ0) is 15.9. The van der Waals surface area contributed by atoms with Crippen LogP contribution >= 0.6 is 22.9 Å². The lowest BCUT2D eigenvalue weighted by Gasteiger charge is -2.04. The highest BCUT2D eigenvalue weighted by Crippen LogP contribution is 2.32. The average molecular weight is 329 g/mol. The zero-order valence-electron chi connectivity index (χ0n) is 11.4. The molecule has 6 heteroatoms. The largest absolute Gasteiger partial charge is 0.477 e. The Morgan fingerprint density at radius 3 is 2.77 bits per heavy atom. The number of carbonyl (C=O) groups is 1. The van der Waals surface area contributed by atoms with Gasteiger partial charge in [-0.05, 0) is 36.6 Å². The van der Waals surface area contributed by atoms with Crippen molar-refractivity contribution in [3.8, 4) is 16.6 Å². The third-order valence-corrected chi connectivity index (χ3v) is 4.70. The van der Waals surface area contributed by atoms with E-state index in [2.05, 4.69) is 11.1 Å². The number of carboxylic acid groups (broad SMARTS) is 1. The van der Waals surface area contributed by atoms with Crippen LogP contribution in [-0.4, -0.2) is 16.1 Å². The Balaban J connectivity index is 2.24. The van der Waals surface area contributed by atoms with Crippen LogP contribution in [0.2, 0.25) is 5.02 Å². The van der Waals surface area contributed by atoms with E-state index in [9.17, 15) is 10.1 Å². The summed E-state index contributed by atoms with van der Waals surface area (Å²) in [5.41, 5.74) is 1.69. The molecule has 0 fully saturated rings. The van der Waals surface area contributed by atoms with Crippen molar-refractivity contribution < 1.29 is 9.90 Å². The topological polar surface area (TPSA) is 74.0 Å². The maximum absolute atomic E-state index is 11.1. The van der Waals surface area contributed by atoms with Gasteiger partial charge in [-0.1, -0.05) is 17.7 Å². The number of carboxylic acids is 1. The van der Waals surface area contributed by atoms with Crippen LogP contribution in [0, 0.1) is 18.3 Å². The number of hydrogen-bond acceptors (Lipinski definition) is 4. The summed E-state index contributed by atoms with van der Waals surface area (Å²) in [6.45, 7) is 1.66. The Kier molecular flexibility index (Phi) is 3.57. The number of nitrogens with zero attached hydrogens (tertiary/aromatic N) is 2. The lowest BCUT2D eigenvalue weighted by Crippen LogP contribution is -1.94. The first-order valence-electron chi connectivity index (χ1n) is 6.34. The first kappa shape index (κ1) is 14.5. The minimum Gasteiger partial charge on any atom is -0.477 e. The molecule has 1 heterocycles. The predicted octanol–water partition coefficient (Wildman–Crippen LogP) is 4.50. The molecular weight excluding hydrogens is 320 g/mol. The van der Waals surface area contributed by atoms with Crippen LogP contribution in [-0.2, 0) is 0 Å². The van der Waals surface area contributed by atoms with Gasteiger partial charge >= 0.3 is 5.97 Å². The average Bonchev–Trinajstić information content (AvgIpc) is 2.88. The first-order valence-corrected chi connectivity index (χ1v) is 7.53. The molecule has 22 heavy (non-hydrogen) atoms. The number of fused-ring (bicyclic) bond motifs is 1. The summed E-state index contributed by atoms with van der Waals surface area (Å²) in [6, 6.07) is 11.1. The van der Waals surface area contributed by atoms with Crippen molar-refractivity contribution in [2.75, 3.05) is 0 Å². The maximum Gasteiger partial charge on any atom is 0.347 e. The van der Waals surface area contributed by atoms with E-state index in [1.807, 2.05) is 12.1 Å². The minimum atomic E-state index is -0.991. The predicted molar refractivity (Wildman–Crippen MR) is 86.5 cm³/mol. The summed E-state index contributed by atoms with van der Waals surface area (Å²) < 4.78 is 0. The van der Waals surface area contributed by atoms with Crippen molar-refractivity contribution >= 4 is 39.7 Å². The Labute approximate surface area is 135 Å². The molecule has 3 rings (SSSR count). The van der Waals surface area contributed by atoms with Crippen molar-refractivity contribution in [2.45, 2.75) is 6.92 Å². The van der Waals surface area contributed by atoms with Crippen LogP contribution in [0.1, 0.15) is 20.9 Å². The van der Waals surface area contributed by atoms with E-state index in [1.54, 1.807) is 25.1 Å². The van der Waals surface area contributed by atoms with E-state index in [4.69, 9.17) is 16.7 Å². The lowest BCUT2D eigenvalue weighted by molar-refractivity contribution is 0.0701. The summed E-state index contributed by atoms with van der Waals surface area (Å²) in [5.74, 6) is -0.991. The molecule has 0 radical (unpaired) electrons. The smallest absolute Gasteiger partial charge is 0.347 e. The van der Waals surface area contributed by atoms with Gasteiger partial charge < -0.3 is 5.11 Å². The van der Waals surface area contributed by atoms with E-state index in [0.29, 0.717) is 21.3 Å². The van der Waals surface area contributed by atoms with E-state index in [1.165, 1.54) is 0 Å². The molecule has 0 aliphatic rings. The highest BCUT2D eigenvalue weighted by atomic mass is 35.5. The fraction of sp³-hybridized carbons (Fsp3) is 0.0625. The molecule has 0 aliphatic heterocycles. The Morgan fingerprint density at radius 1 is 1.36 bits per heavy atom. The molecule has 1 N–H and O–H groups in total. The van der Waals surface area contributed by atoms with Crippen molar-refractivity contribution in [2.24, 2.45) is 0 Å². The van der Waals surface area contributed by atoms with Crippen LogP contribution in [0.25, 0.3) is 21.3 Å². The van der Waals surface area contributed by atoms with Crippen molar-refractivity contribution in [3.63, 3.8) is 0 Å². The van der Waals surface area contributed by atoms with E-state index >= 15 is 0 Å². The van der Waals surface area contributed by atoms with Gasteiger partial charge in [0, 0.05) is 16.0 Å². The van der Waals surface area contributed by atoms with Crippen LogP contribution in [0.5, 0.6) is 0 Å². The van der Waals surface area contributed by atoms with Gasteiger partial charge in [0.05, 0.1) is 17.3 Å².